The van der Waals surface area contributed by atoms with E-state index in [-0.39, 0.29) is 0 Å². The van der Waals surface area contributed by atoms with E-state index in [9.17, 15) is 0 Å². The zero-order valence-electron chi connectivity index (χ0n) is 9.92. The van der Waals surface area contributed by atoms with Gasteiger partial charge >= 0.3 is 0 Å². The highest BCUT2D eigenvalue weighted by molar-refractivity contribution is 5.80. The summed E-state index contributed by atoms with van der Waals surface area (Å²) in [7, 11) is 1.87. The molecule has 2 aliphatic rings. The second-order valence-corrected chi connectivity index (χ2v) is 5.02. The smallest absolute Gasteiger partial charge is 0.191 e. The molecule has 0 aromatic heterocycles. The van der Waals surface area contributed by atoms with E-state index in [1.54, 1.807) is 0 Å². The molecule has 0 aromatic carbocycles. The van der Waals surface area contributed by atoms with Gasteiger partial charge in [0.25, 0.3) is 0 Å². The summed E-state index contributed by atoms with van der Waals surface area (Å²) in [5.41, 5.74) is 0. The number of nitrogens with zero attached hydrogens (tertiary/aromatic N) is 1. The molecule has 0 bridgehead atoms. The number of guanidine groups is 1. The average molecular weight is 209 g/mol. The van der Waals surface area contributed by atoms with E-state index in [0.29, 0.717) is 12.1 Å². The maximum absolute atomic E-state index is 4.29. The van der Waals surface area contributed by atoms with Crippen molar-refractivity contribution in [2.75, 3.05) is 7.05 Å². The molecule has 0 aliphatic heterocycles. The molecule has 2 rings (SSSR count). The third-order valence-corrected chi connectivity index (χ3v) is 3.60. The molecule has 2 saturated carbocycles. The summed E-state index contributed by atoms with van der Waals surface area (Å²) < 4.78 is 0. The summed E-state index contributed by atoms with van der Waals surface area (Å²) in [6.07, 6.45) is 8.06. The van der Waals surface area contributed by atoms with Gasteiger partial charge in [-0.05, 0) is 25.2 Å². The van der Waals surface area contributed by atoms with Crippen molar-refractivity contribution >= 4 is 5.96 Å². The van der Waals surface area contributed by atoms with Crippen LogP contribution in [0.1, 0.15) is 45.4 Å². The molecule has 0 spiro atoms. The maximum Gasteiger partial charge on any atom is 0.191 e. The van der Waals surface area contributed by atoms with Crippen molar-refractivity contribution in [3.05, 3.63) is 0 Å². The van der Waals surface area contributed by atoms with Gasteiger partial charge in [-0.15, -0.1) is 0 Å². The minimum Gasteiger partial charge on any atom is -0.354 e. The molecule has 15 heavy (non-hydrogen) atoms. The van der Waals surface area contributed by atoms with Gasteiger partial charge in [0, 0.05) is 19.1 Å². The van der Waals surface area contributed by atoms with Gasteiger partial charge in [-0.1, -0.05) is 26.2 Å². The van der Waals surface area contributed by atoms with E-state index in [2.05, 4.69) is 22.5 Å². The Bertz CT molecular complexity index is 231. The van der Waals surface area contributed by atoms with Crippen LogP contribution >= 0.6 is 0 Å². The summed E-state index contributed by atoms with van der Waals surface area (Å²) in [4.78, 5) is 4.29. The first-order chi connectivity index (χ1) is 7.29. The van der Waals surface area contributed by atoms with Crippen molar-refractivity contribution in [2.24, 2.45) is 10.9 Å². The normalized spacial score (nSPS) is 32.5. The van der Waals surface area contributed by atoms with Crippen molar-refractivity contribution < 1.29 is 0 Å². The largest absolute Gasteiger partial charge is 0.354 e. The summed E-state index contributed by atoms with van der Waals surface area (Å²) >= 11 is 0. The van der Waals surface area contributed by atoms with Gasteiger partial charge < -0.3 is 10.6 Å². The van der Waals surface area contributed by atoms with E-state index in [4.69, 9.17) is 0 Å². The quantitative estimate of drug-likeness (QED) is 0.538. The third-order valence-electron chi connectivity index (χ3n) is 3.60. The Morgan fingerprint density at radius 2 is 1.80 bits per heavy atom. The van der Waals surface area contributed by atoms with E-state index in [1.807, 2.05) is 7.05 Å². The maximum atomic E-state index is 4.29. The fraction of sp³-hybridized carbons (Fsp3) is 0.917. The molecule has 0 radical (unpaired) electrons. The number of rotatable bonds is 2. The van der Waals surface area contributed by atoms with Crippen molar-refractivity contribution in [3.8, 4) is 0 Å². The summed E-state index contributed by atoms with van der Waals surface area (Å²) in [6.45, 7) is 2.28. The Morgan fingerprint density at radius 1 is 1.13 bits per heavy atom. The predicted octanol–water partition coefficient (Wildman–Crippen LogP) is 1.89. The average Bonchev–Trinajstić information content (AvgIpc) is 2.95. The highest BCUT2D eigenvalue weighted by atomic mass is 15.2. The van der Waals surface area contributed by atoms with Crippen LogP contribution in [0.15, 0.2) is 4.99 Å². The lowest BCUT2D eigenvalue weighted by molar-refractivity contribution is 0.410. The van der Waals surface area contributed by atoms with Crippen LogP contribution in [0, 0.1) is 5.92 Å². The van der Waals surface area contributed by atoms with Crippen molar-refractivity contribution in [1.82, 2.24) is 10.6 Å². The first-order valence-corrected chi connectivity index (χ1v) is 6.29. The molecule has 2 unspecified atom stereocenters. The zero-order chi connectivity index (χ0) is 10.7. The Kier molecular flexibility index (Phi) is 3.49. The number of hydrogen-bond acceptors (Lipinski definition) is 1. The van der Waals surface area contributed by atoms with Crippen LogP contribution in [-0.4, -0.2) is 25.1 Å². The van der Waals surface area contributed by atoms with Crippen molar-refractivity contribution in [1.29, 1.82) is 0 Å². The van der Waals surface area contributed by atoms with E-state index in [0.717, 1.165) is 11.9 Å². The standard InChI is InChI=1S/C12H23N3/c1-9-8-11(9)15-12(13-2)14-10-6-4-3-5-7-10/h9-11H,3-8H2,1-2H3,(H2,13,14,15). The first-order valence-electron chi connectivity index (χ1n) is 6.29. The molecular formula is C12H23N3. The highest BCUT2D eigenvalue weighted by Gasteiger charge is 2.33. The molecule has 2 atom stereocenters. The third kappa shape index (κ3) is 3.11. The topological polar surface area (TPSA) is 36.4 Å². The molecule has 0 heterocycles. The van der Waals surface area contributed by atoms with Crippen LogP contribution in [0.3, 0.4) is 0 Å². The predicted molar refractivity (Wildman–Crippen MR) is 64.1 cm³/mol. The lowest BCUT2D eigenvalue weighted by Crippen LogP contribution is -2.45. The molecule has 0 aromatic rings. The van der Waals surface area contributed by atoms with Crippen LogP contribution < -0.4 is 10.6 Å². The van der Waals surface area contributed by atoms with E-state index < -0.39 is 0 Å². The molecule has 0 saturated heterocycles. The van der Waals surface area contributed by atoms with Crippen molar-refractivity contribution in [3.63, 3.8) is 0 Å². The molecule has 2 fully saturated rings. The van der Waals surface area contributed by atoms with Crippen LogP contribution in [0.5, 0.6) is 0 Å². The Labute approximate surface area is 92.7 Å². The molecule has 3 heteroatoms. The minimum absolute atomic E-state index is 0.652. The van der Waals surface area contributed by atoms with Gasteiger partial charge in [0.05, 0.1) is 0 Å². The second-order valence-electron chi connectivity index (χ2n) is 5.02. The minimum atomic E-state index is 0.652. The first kappa shape index (κ1) is 10.8. The molecule has 86 valence electrons. The van der Waals surface area contributed by atoms with Crippen LogP contribution in [-0.2, 0) is 0 Å². The van der Waals surface area contributed by atoms with Gasteiger partial charge in [-0.25, -0.2) is 0 Å². The van der Waals surface area contributed by atoms with Gasteiger partial charge in [0.2, 0.25) is 0 Å². The number of aliphatic imine (C=N–C) groups is 1. The lowest BCUT2D eigenvalue weighted by atomic mass is 9.96. The Morgan fingerprint density at radius 3 is 2.33 bits per heavy atom. The van der Waals surface area contributed by atoms with Crippen LogP contribution in [0.2, 0.25) is 0 Å². The Balaban J connectivity index is 1.74. The van der Waals surface area contributed by atoms with Gasteiger partial charge in [-0.2, -0.15) is 0 Å². The number of nitrogens with one attached hydrogen (secondary N) is 2. The van der Waals surface area contributed by atoms with Gasteiger partial charge in [0.1, 0.15) is 0 Å². The van der Waals surface area contributed by atoms with E-state index >= 15 is 0 Å². The lowest BCUT2D eigenvalue weighted by Gasteiger charge is -2.24. The van der Waals surface area contributed by atoms with Crippen molar-refractivity contribution in [2.45, 2.75) is 57.5 Å². The zero-order valence-corrected chi connectivity index (χ0v) is 9.92. The summed E-state index contributed by atoms with van der Waals surface area (Å²) in [6, 6.07) is 1.32. The van der Waals surface area contributed by atoms with Gasteiger partial charge in [0.15, 0.2) is 5.96 Å². The second kappa shape index (κ2) is 4.86. The van der Waals surface area contributed by atoms with Crippen LogP contribution in [0.4, 0.5) is 0 Å². The molecular weight excluding hydrogens is 186 g/mol. The van der Waals surface area contributed by atoms with Crippen LogP contribution in [0.25, 0.3) is 0 Å². The summed E-state index contributed by atoms with van der Waals surface area (Å²) in [5, 5.41) is 7.01. The fourth-order valence-electron chi connectivity index (χ4n) is 2.31. The number of hydrogen-bond donors (Lipinski definition) is 2. The molecule has 2 aliphatic carbocycles. The fourth-order valence-corrected chi connectivity index (χ4v) is 2.31. The molecule has 0 amide bonds. The summed E-state index contributed by atoms with van der Waals surface area (Å²) in [5.74, 6) is 1.84. The van der Waals surface area contributed by atoms with E-state index in [1.165, 1.54) is 38.5 Å². The SMILES string of the molecule is CN=C(NC1CCCCC1)NC1CC1C. The highest BCUT2D eigenvalue weighted by Crippen LogP contribution is 2.28. The molecule has 3 nitrogen and oxygen atoms in total. The Hall–Kier alpha value is -0.730. The van der Waals surface area contributed by atoms with Gasteiger partial charge in [-0.3, -0.25) is 4.99 Å². The molecule has 2 N–H and O–H groups in total. The monoisotopic (exact) mass is 209 g/mol.